The molecule has 0 radical (unpaired) electrons. The van der Waals surface area contributed by atoms with Gasteiger partial charge in [-0.15, -0.1) is 0 Å². The van der Waals surface area contributed by atoms with Crippen molar-refractivity contribution in [3.63, 3.8) is 0 Å². The van der Waals surface area contributed by atoms with Crippen LogP contribution in [0, 0.1) is 6.92 Å². The summed E-state index contributed by atoms with van der Waals surface area (Å²) in [5.41, 5.74) is 11.0. The van der Waals surface area contributed by atoms with Crippen LogP contribution in [0.2, 0.25) is 0 Å². The van der Waals surface area contributed by atoms with Gasteiger partial charge in [-0.2, -0.15) is 14.6 Å². The summed E-state index contributed by atoms with van der Waals surface area (Å²) >= 11 is 1.35. The molecule has 1 aliphatic heterocycles. The molecule has 2 N–H and O–H groups in total. The smallest absolute Gasteiger partial charge is 0.283 e. The number of rotatable bonds is 2. The summed E-state index contributed by atoms with van der Waals surface area (Å²) < 4.78 is 1.54. The number of aryl methyl sites for hydroxylation is 1. The summed E-state index contributed by atoms with van der Waals surface area (Å²) in [7, 11) is 0. The topological polar surface area (TPSA) is 85.6 Å². The molecule has 3 heterocycles. The van der Waals surface area contributed by atoms with E-state index in [-0.39, 0.29) is 11.4 Å². The number of nitrogens with two attached hydrogens (primary N) is 1. The lowest BCUT2D eigenvalue weighted by atomic mass is 10.1. The van der Waals surface area contributed by atoms with Crippen molar-refractivity contribution in [2.75, 3.05) is 5.73 Å². The fourth-order valence-corrected chi connectivity index (χ4v) is 4.24. The molecular formula is C21H15N5OS. The Bertz CT molecular complexity index is 1360. The molecule has 2 aromatic carbocycles. The van der Waals surface area contributed by atoms with E-state index in [0.717, 1.165) is 33.0 Å². The van der Waals surface area contributed by atoms with Crippen LogP contribution in [0.4, 0.5) is 11.5 Å². The predicted molar refractivity (Wildman–Crippen MR) is 114 cm³/mol. The Labute approximate surface area is 164 Å². The number of aliphatic imine (C=N–C) groups is 1. The van der Waals surface area contributed by atoms with E-state index in [0.29, 0.717) is 10.5 Å². The van der Waals surface area contributed by atoms with Gasteiger partial charge in [0.25, 0.3) is 5.56 Å². The van der Waals surface area contributed by atoms with Crippen molar-refractivity contribution < 1.29 is 0 Å². The number of nitrogens with zero attached hydrogens (tertiary/aromatic N) is 4. The van der Waals surface area contributed by atoms with E-state index >= 15 is 0 Å². The molecule has 4 aromatic rings. The number of benzene rings is 2. The molecule has 0 aliphatic carbocycles. The highest BCUT2D eigenvalue weighted by Gasteiger charge is 2.17. The monoisotopic (exact) mass is 385 g/mol. The minimum absolute atomic E-state index is 0.274. The van der Waals surface area contributed by atoms with Gasteiger partial charge in [0.15, 0.2) is 0 Å². The summed E-state index contributed by atoms with van der Waals surface area (Å²) in [5, 5.41) is 5.38. The predicted octanol–water partition coefficient (Wildman–Crippen LogP) is 3.97. The summed E-state index contributed by atoms with van der Waals surface area (Å²) in [6, 6.07) is 15.7. The van der Waals surface area contributed by atoms with Crippen LogP contribution in [0.5, 0.6) is 0 Å². The Morgan fingerprint density at radius 2 is 1.82 bits per heavy atom. The molecule has 0 saturated carbocycles. The Kier molecular flexibility index (Phi) is 3.70. The second kappa shape index (κ2) is 6.24. The second-order valence-corrected chi connectivity index (χ2v) is 7.46. The van der Waals surface area contributed by atoms with Gasteiger partial charge in [0.1, 0.15) is 10.8 Å². The SMILES string of the molecule is Cc1ccccc1-c1nn2c(N)c(C=C3C=Nc4ccccc43)c(=O)nc2s1. The summed E-state index contributed by atoms with van der Waals surface area (Å²) in [4.78, 5) is 21.7. The molecule has 7 heteroatoms. The van der Waals surface area contributed by atoms with Crippen molar-refractivity contribution in [1.29, 1.82) is 0 Å². The molecule has 0 atom stereocenters. The molecule has 0 spiro atoms. The van der Waals surface area contributed by atoms with Crippen LogP contribution in [0.25, 0.3) is 27.2 Å². The van der Waals surface area contributed by atoms with Crippen LogP contribution in [-0.4, -0.2) is 20.8 Å². The lowest BCUT2D eigenvalue weighted by molar-refractivity contribution is 0.944. The van der Waals surface area contributed by atoms with Crippen molar-refractivity contribution in [1.82, 2.24) is 14.6 Å². The maximum absolute atomic E-state index is 12.7. The standard InChI is InChI=1S/C21H15N5OS/c1-12-6-2-3-7-14(12)20-25-26-18(22)16(19(27)24-21(26)28-20)10-13-11-23-17-9-5-4-8-15(13)17/h2-11H,22H2,1H3. The number of allylic oxidation sites excluding steroid dienone is 1. The molecule has 0 bridgehead atoms. The second-order valence-electron chi connectivity index (χ2n) is 6.51. The fourth-order valence-electron chi connectivity index (χ4n) is 3.25. The van der Waals surface area contributed by atoms with Crippen LogP contribution in [0.3, 0.4) is 0 Å². The van der Waals surface area contributed by atoms with Crippen molar-refractivity contribution >= 4 is 45.7 Å². The molecule has 5 rings (SSSR count). The van der Waals surface area contributed by atoms with Gasteiger partial charge in [-0.05, 0) is 24.6 Å². The summed E-state index contributed by atoms with van der Waals surface area (Å²) in [6.07, 6.45) is 3.47. The first-order valence-electron chi connectivity index (χ1n) is 8.72. The van der Waals surface area contributed by atoms with Gasteiger partial charge in [0.05, 0.1) is 11.3 Å². The fraction of sp³-hybridized carbons (Fsp3) is 0.0476. The highest BCUT2D eigenvalue weighted by molar-refractivity contribution is 7.19. The Balaban J connectivity index is 1.68. The van der Waals surface area contributed by atoms with Crippen molar-refractivity contribution in [2.45, 2.75) is 6.92 Å². The molecule has 136 valence electrons. The van der Waals surface area contributed by atoms with Gasteiger partial charge in [0, 0.05) is 22.9 Å². The number of aromatic nitrogens is 3. The molecule has 6 nitrogen and oxygen atoms in total. The zero-order chi connectivity index (χ0) is 19.3. The van der Waals surface area contributed by atoms with Crippen LogP contribution >= 0.6 is 11.3 Å². The minimum atomic E-state index is -0.372. The van der Waals surface area contributed by atoms with Gasteiger partial charge in [-0.25, -0.2) is 0 Å². The summed E-state index contributed by atoms with van der Waals surface area (Å²) in [5.74, 6) is 0.274. The van der Waals surface area contributed by atoms with Gasteiger partial charge in [-0.3, -0.25) is 9.79 Å². The number of hydrogen-bond donors (Lipinski definition) is 1. The Hall–Kier alpha value is -3.58. The van der Waals surface area contributed by atoms with Crippen molar-refractivity contribution in [3.05, 3.63) is 75.6 Å². The third-order valence-corrected chi connectivity index (χ3v) is 5.67. The zero-order valence-electron chi connectivity index (χ0n) is 15.0. The number of para-hydroxylation sites is 1. The third kappa shape index (κ3) is 2.56. The van der Waals surface area contributed by atoms with E-state index < -0.39 is 0 Å². The van der Waals surface area contributed by atoms with Gasteiger partial charge >= 0.3 is 0 Å². The molecule has 2 aromatic heterocycles. The molecule has 0 fully saturated rings. The minimum Gasteiger partial charge on any atom is -0.383 e. The molecule has 28 heavy (non-hydrogen) atoms. The molecule has 0 saturated heterocycles. The summed E-state index contributed by atoms with van der Waals surface area (Å²) in [6.45, 7) is 2.02. The first kappa shape index (κ1) is 16.6. The third-order valence-electron chi connectivity index (χ3n) is 4.72. The molecule has 0 unspecified atom stereocenters. The van der Waals surface area contributed by atoms with Gasteiger partial charge in [0.2, 0.25) is 4.96 Å². The molecule has 0 amide bonds. The van der Waals surface area contributed by atoms with Crippen LogP contribution in [-0.2, 0) is 0 Å². The van der Waals surface area contributed by atoms with E-state index in [1.165, 1.54) is 15.9 Å². The Morgan fingerprint density at radius 1 is 1.07 bits per heavy atom. The highest BCUT2D eigenvalue weighted by atomic mass is 32.1. The van der Waals surface area contributed by atoms with Crippen LogP contribution < -0.4 is 11.3 Å². The zero-order valence-corrected chi connectivity index (χ0v) is 15.8. The first-order valence-corrected chi connectivity index (χ1v) is 9.54. The van der Waals surface area contributed by atoms with E-state index in [9.17, 15) is 4.79 Å². The molecule has 1 aliphatic rings. The highest BCUT2D eigenvalue weighted by Crippen LogP contribution is 2.33. The van der Waals surface area contributed by atoms with E-state index in [1.807, 2.05) is 55.5 Å². The van der Waals surface area contributed by atoms with E-state index in [4.69, 9.17) is 5.73 Å². The van der Waals surface area contributed by atoms with Crippen LogP contribution in [0.1, 0.15) is 16.7 Å². The lowest BCUT2D eigenvalue weighted by Crippen LogP contribution is -2.16. The maximum atomic E-state index is 12.7. The average Bonchev–Trinajstić information content (AvgIpc) is 3.30. The average molecular weight is 385 g/mol. The normalized spacial score (nSPS) is 14.1. The van der Waals surface area contributed by atoms with Gasteiger partial charge in [-0.1, -0.05) is 53.8 Å². The van der Waals surface area contributed by atoms with Gasteiger partial charge < -0.3 is 5.73 Å². The van der Waals surface area contributed by atoms with Crippen molar-refractivity contribution in [2.24, 2.45) is 4.99 Å². The van der Waals surface area contributed by atoms with Crippen molar-refractivity contribution in [3.8, 4) is 10.6 Å². The van der Waals surface area contributed by atoms with Crippen LogP contribution in [0.15, 0.2) is 58.3 Å². The number of fused-ring (bicyclic) bond motifs is 2. The number of nitrogen functional groups attached to an aromatic ring is 1. The maximum Gasteiger partial charge on any atom is 0.283 e. The largest absolute Gasteiger partial charge is 0.383 e. The van der Waals surface area contributed by atoms with E-state index in [1.54, 1.807) is 12.3 Å². The lowest BCUT2D eigenvalue weighted by Gasteiger charge is -2.03. The molecular weight excluding hydrogens is 370 g/mol. The number of hydrogen-bond acceptors (Lipinski definition) is 6. The quantitative estimate of drug-likeness (QED) is 0.566. The van der Waals surface area contributed by atoms with E-state index in [2.05, 4.69) is 15.1 Å². The number of anilines is 1. The Morgan fingerprint density at radius 3 is 2.64 bits per heavy atom. The first-order chi connectivity index (χ1) is 13.6.